The Bertz CT molecular complexity index is 779. The van der Waals surface area contributed by atoms with Gasteiger partial charge >= 0.3 is 5.97 Å². The molecule has 21 heavy (non-hydrogen) atoms. The van der Waals surface area contributed by atoms with Crippen molar-refractivity contribution in [3.63, 3.8) is 0 Å². The first-order valence-corrected chi connectivity index (χ1v) is 6.77. The predicted octanol–water partition coefficient (Wildman–Crippen LogP) is 2.51. The number of carboxylic acids is 1. The number of aromatic amines is 1. The molecule has 0 aliphatic heterocycles. The van der Waals surface area contributed by atoms with Crippen molar-refractivity contribution in [2.75, 3.05) is 0 Å². The van der Waals surface area contributed by atoms with E-state index in [1.165, 1.54) is 6.33 Å². The SMILES string of the molecule is O=C(O)c1nc[nH]c1-c1nc(Cc2ccc(Br)cc2)no1. The average Bonchev–Trinajstić information content (AvgIpc) is 3.09. The van der Waals surface area contributed by atoms with Gasteiger partial charge in [0, 0.05) is 10.9 Å². The highest BCUT2D eigenvalue weighted by Crippen LogP contribution is 2.19. The predicted molar refractivity (Wildman–Crippen MR) is 75.8 cm³/mol. The van der Waals surface area contributed by atoms with Gasteiger partial charge in [-0.2, -0.15) is 4.98 Å². The molecule has 0 saturated heterocycles. The Morgan fingerprint density at radius 3 is 2.81 bits per heavy atom. The van der Waals surface area contributed by atoms with Crippen molar-refractivity contribution < 1.29 is 14.4 Å². The van der Waals surface area contributed by atoms with Crippen LogP contribution in [0.3, 0.4) is 0 Å². The summed E-state index contributed by atoms with van der Waals surface area (Å²) in [5, 5.41) is 12.9. The summed E-state index contributed by atoms with van der Waals surface area (Å²) < 4.78 is 6.08. The third-order valence-corrected chi connectivity index (χ3v) is 3.33. The van der Waals surface area contributed by atoms with E-state index in [-0.39, 0.29) is 17.3 Å². The molecule has 0 spiro atoms. The van der Waals surface area contributed by atoms with Gasteiger partial charge < -0.3 is 14.6 Å². The van der Waals surface area contributed by atoms with Gasteiger partial charge in [0.15, 0.2) is 11.5 Å². The molecule has 106 valence electrons. The number of halogens is 1. The minimum absolute atomic E-state index is 0.108. The lowest BCUT2D eigenvalue weighted by Gasteiger charge is -1.96. The molecule has 0 atom stereocenters. The number of imidazole rings is 1. The van der Waals surface area contributed by atoms with Crippen molar-refractivity contribution in [2.45, 2.75) is 6.42 Å². The minimum Gasteiger partial charge on any atom is -0.476 e. The van der Waals surface area contributed by atoms with Gasteiger partial charge in [-0.05, 0) is 17.7 Å². The molecule has 1 aromatic carbocycles. The molecular weight excluding hydrogens is 340 g/mol. The molecule has 3 aromatic rings. The summed E-state index contributed by atoms with van der Waals surface area (Å²) in [6, 6.07) is 7.74. The monoisotopic (exact) mass is 348 g/mol. The van der Waals surface area contributed by atoms with Crippen molar-refractivity contribution >= 4 is 21.9 Å². The van der Waals surface area contributed by atoms with E-state index in [1.807, 2.05) is 24.3 Å². The lowest BCUT2D eigenvalue weighted by atomic mass is 10.1. The Kier molecular flexibility index (Phi) is 3.53. The number of benzene rings is 1. The fraction of sp³-hybridized carbons (Fsp3) is 0.0769. The molecule has 0 aliphatic carbocycles. The molecule has 0 bridgehead atoms. The second kappa shape index (κ2) is 5.49. The van der Waals surface area contributed by atoms with Crippen LogP contribution in [-0.4, -0.2) is 31.2 Å². The smallest absolute Gasteiger partial charge is 0.356 e. The summed E-state index contributed by atoms with van der Waals surface area (Å²) in [6.45, 7) is 0. The Balaban J connectivity index is 1.84. The number of nitrogens with zero attached hydrogens (tertiary/aromatic N) is 3. The number of H-pyrrole nitrogens is 1. The molecule has 0 saturated carbocycles. The van der Waals surface area contributed by atoms with Gasteiger partial charge in [-0.1, -0.05) is 33.2 Å². The van der Waals surface area contributed by atoms with Crippen LogP contribution in [0, 0.1) is 0 Å². The fourth-order valence-corrected chi connectivity index (χ4v) is 2.10. The number of nitrogens with one attached hydrogen (secondary N) is 1. The zero-order chi connectivity index (χ0) is 14.8. The maximum Gasteiger partial charge on any atom is 0.356 e. The Labute approximate surface area is 127 Å². The average molecular weight is 349 g/mol. The summed E-state index contributed by atoms with van der Waals surface area (Å²) in [4.78, 5) is 21.6. The zero-order valence-corrected chi connectivity index (χ0v) is 12.2. The quantitative estimate of drug-likeness (QED) is 0.750. The first-order chi connectivity index (χ1) is 10.1. The molecule has 0 fully saturated rings. The standard InChI is InChI=1S/C13H9BrN4O3/c14-8-3-1-7(2-4-8)5-9-17-12(21-18-9)10-11(13(19)20)16-6-15-10/h1-4,6H,5H2,(H,15,16)(H,19,20). The lowest BCUT2D eigenvalue weighted by Crippen LogP contribution is -1.99. The number of aromatic carboxylic acids is 1. The summed E-state index contributed by atoms with van der Waals surface area (Å²) in [5.74, 6) is -0.575. The van der Waals surface area contributed by atoms with E-state index >= 15 is 0 Å². The second-order valence-electron chi connectivity index (χ2n) is 4.25. The van der Waals surface area contributed by atoms with Crippen molar-refractivity contribution in [3.05, 3.63) is 52.1 Å². The highest BCUT2D eigenvalue weighted by Gasteiger charge is 2.20. The van der Waals surface area contributed by atoms with Crippen LogP contribution in [0.25, 0.3) is 11.6 Å². The van der Waals surface area contributed by atoms with Crippen LogP contribution in [-0.2, 0) is 6.42 Å². The molecule has 2 heterocycles. The van der Waals surface area contributed by atoms with Gasteiger partial charge in [0.2, 0.25) is 0 Å². The normalized spacial score (nSPS) is 10.7. The topological polar surface area (TPSA) is 105 Å². The number of carbonyl (C=O) groups is 1. The van der Waals surface area contributed by atoms with Crippen molar-refractivity contribution in [1.29, 1.82) is 0 Å². The summed E-state index contributed by atoms with van der Waals surface area (Å²) in [6.07, 6.45) is 1.77. The zero-order valence-electron chi connectivity index (χ0n) is 10.6. The molecule has 2 N–H and O–H groups in total. The van der Waals surface area contributed by atoms with Crippen LogP contribution in [0.5, 0.6) is 0 Å². The third kappa shape index (κ3) is 2.84. The van der Waals surface area contributed by atoms with Crippen LogP contribution in [0.1, 0.15) is 21.9 Å². The molecule has 7 nitrogen and oxygen atoms in total. The Hall–Kier alpha value is -2.48. The summed E-state index contributed by atoms with van der Waals surface area (Å²) in [5.41, 5.74) is 1.08. The van der Waals surface area contributed by atoms with E-state index in [1.54, 1.807) is 0 Å². The largest absolute Gasteiger partial charge is 0.476 e. The van der Waals surface area contributed by atoms with Crippen molar-refractivity contribution in [1.82, 2.24) is 20.1 Å². The number of hydrogen-bond acceptors (Lipinski definition) is 5. The number of aromatic nitrogens is 4. The minimum atomic E-state index is -1.15. The van der Waals surface area contributed by atoms with E-state index in [0.29, 0.717) is 12.2 Å². The van der Waals surface area contributed by atoms with E-state index in [4.69, 9.17) is 9.63 Å². The molecule has 0 radical (unpaired) electrons. The van der Waals surface area contributed by atoms with Crippen LogP contribution in [0.2, 0.25) is 0 Å². The fourth-order valence-electron chi connectivity index (χ4n) is 1.83. The van der Waals surface area contributed by atoms with Gasteiger partial charge in [-0.15, -0.1) is 0 Å². The number of rotatable bonds is 4. The second-order valence-corrected chi connectivity index (χ2v) is 5.17. The van der Waals surface area contributed by atoms with Gasteiger partial charge in [0.05, 0.1) is 6.33 Å². The Morgan fingerprint density at radius 1 is 1.33 bits per heavy atom. The lowest BCUT2D eigenvalue weighted by molar-refractivity contribution is 0.0691. The van der Waals surface area contributed by atoms with Crippen molar-refractivity contribution in [3.8, 4) is 11.6 Å². The molecule has 3 rings (SSSR count). The first kappa shape index (κ1) is 13.5. The van der Waals surface area contributed by atoms with Crippen LogP contribution in [0.4, 0.5) is 0 Å². The molecule has 0 aliphatic rings. The maximum absolute atomic E-state index is 11.0. The molecule has 2 aromatic heterocycles. The number of hydrogen-bond donors (Lipinski definition) is 2. The van der Waals surface area contributed by atoms with Crippen LogP contribution in [0.15, 0.2) is 39.6 Å². The summed E-state index contributed by atoms with van der Waals surface area (Å²) >= 11 is 3.37. The third-order valence-electron chi connectivity index (χ3n) is 2.80. The first-order valence-electron chi connectivity index (χ1n) is 5.97. The van der Waals surface area contributed by atoms with Gasteiger partial charge in [-0.25, -0.2) is 9.78 Å². The summed E-state index contributed by atoms with van der Waals surface area (Å²) in [7, 11) is 0. The molecule has 0 unspecified atom stereocenters. The van der Waals surface area contributed by atoms with E-state index in [0.717, 1.165) is 10.0 Å². The van der Waals surface area contributed by atoms with Crippen LogP contribution < -0.4 is 0 Å². The van der Waals surface area contributed by atoms with Gasteiger partial charge in [-0.3, -0.25) is 0 Å². The van der Waals surface area contributed by atoms with Crippen LogP contribution >= 0.6 is 15.9 Å². The highest BCUT2D eigenvalue weighted by atomic mass is 79.9. The van der Waals surface area contributed by atoms with E-state index in [9.17, 15) is 4.79 Å². The maximum atomic E-state index is 11.0. The molecule has 8 heteroatoms. The van der Waals surface area contributed by atoms with E-state index in [2.05, 4.69) is 36.0 Å². The van der Waals surface area contributed by atoms with Gasteiger partial charge in [0.1, 0.15) is 5.69 Å². The molecule has 0 amide bonds. The highest BCUT2D eigenvalue weighted by molar-refractivity contribution is 9.10. The van der Waals surface area contributed by atoms with Crippen molar-refractivity contribution in [2.24, 2.45) is 0 Å². The Morgan fingerprint density at radius 2 is 2.10 bits per heavy atom. The van der Waals surface area contributed by atoms with Gasteiger partial charge in [0.25, 0.3) is 5.89 Å². The van der Waals surface area contributed by atoms with E-state index < -0.39 is 5.97 Å². The molecular formula is C13H9BrN4O3. The number of carboxylic acid groups (broad SMARTS) is 1.